The fourth-order valence-electron chi connectivity index (χ4n) is 2.04. The predicted octanol–water partition coefficient (Wildman–Crippen LogP) is 1.16. The van der Waals surface area contributed by atoms with Crippen LogP contribution < -0.4 is 11.1 Å². The Balaban J connectivity index is 2.07. The molecule has 5 nitrogen and oxygen atoms in total. The van der Waals surface area contributed by atoms with E-state index in [1.54, 1.807) is 0 Å². The third-order valence-corrected chi connectivity index (χ3v) is 2.86. The molecular formula is C11H11N5S. The van der Waals surface area contributed by atoms with Crippen molar-refractivity contribution < 1.29 is 0 Å². The van der Waals surface area contributed by atoms with Crippen LogP contribution in [0.2, 0.25) is 0 Å². The van der Waals surface area contributed by atoms with Gasteiger partial charge in [0.05, 0.1) is 0 Å². The minimum absolute atomic E-state index is 0.182. The SMILES string of the molecule is NC(=S)Nc1nc2n(n1)CCc1ccccc1-2. The van der Waals surface area contributed by atoms with E-state index < -0.39 is 0 Å². The molecule has 0 bridgehead atoms. The molecule has 1 aromatic heterocycles. The summed E-state index contributed by atoms with van der Waals surface area (Å²) in [4.78, 5) is 4.41. The number of hydrogen-bond donors (Lipinski definition) is 2. The average molecular weight is 245 g/mol. The quantitative estimate of drug-likeness (QED) is 0.738. The molecule has 0 saturated heterocycles. The van der Waals surface area contributed by atoms with Crippen LogP contribution in [-0.4, -0.2) is 19.9 Å². The topological polar surface area (TPSA) is 68.8 Å². The molecule has 86 valence electrons. The molecule has 1 aliphatic heterocycles. The van der Waals surface area contributed by atoms with Gasteiger partial charge in [-0.2, -0.15) is 4.98 Å². The molecule has 17 heavy (non-hydrogen) atoms. The Morgan fingerprint density at radius 3 is 3.06 bits per heavy atom. The summed E-state index contributed by atoms with van der Waals surface area (Å²) < 4.78 is 1.88. The van der Waals surface area contributed by atoms with Gasteiger partial charge in [0.1, 0.15) is 0 Å². The van der Waals surface area contributed by atoms with Crippen LogP contribution in [-0.2, 0) is 13.0 Å². The van der Waals surface area contributed by atoms with Gasteiger partial charge >= 0.3 is 0 Å². The van der Waals surface area contributed by atoms with Crippen LogP contribution in [0, 0.1) is 0 Å². The maximum absolute atomic E-state index is 5.41. The fourth-order valence-corrected chi connectivity index (χ4v) is 2.13. The van der Waals surface area contributed by atoms with E-state index in [2.05, 4.69) is 27.5 Å². The second-order valence-corrected chi connectivity index (χ2v) is 4.32. The lowest BCUT2D eigenvalue weighted by Crippen LogP contribution is -2.20. The van der Waals surface area contributed by atoms with E-state index >= 15 is 0 Å². The lowest BCUT2D eigenvalue weighted by molar-refractivity contribution is 0.607. The lowest BCUT2D eigenvalue weighted by Gasteiger charge is -2.15. The van der Waals surface area contributed by atoms with Crippen molar-refractivity contribution in [3.63, 3.8) is 0 Å². The number of rotatable bonds is 1. The molecule has 0 radical (unpaired) electrons. The summed E-state index contributed by atoms with van der Waals surface area (Å²) in [6, 6.07) is 8.22. The lowest BCUT2D eigenvalue weighted by atomic mass is 10.0. The van der Waals surface area contributed by atoms with E-state index in [4.69, 9.17) is 18.0 Å². The zero-order chi connectivity index (χ0) is 11.8. The van der Waals surface area contributed by atoms with Crippen LogP contribution in [0.15, 0.2) is 24.3 Å². The van der Waals surface area contributed by atoms with E-state index in [-0.39, 0.29) is 5.11 Å². The third kappa shape index (κ3) is 1.76. The van der Waals surface area contributed by atoms with Gasteiger partial charge in [0.25, 0.3) is 0 Å². The van der Waals surface area contributed by atoms with Gasteiger partial charge < -0.3 is 11.1 Å². The Bertz CT molecular complexity index is 589. The van der Waals surface area contributed by atoms with Crippen molar-refractivity contribution in [3.8, 4) is 11.4 Å². The monoisotopic (exact) mass is 245 g/mol. The fraction of sp³-hybridized carbons (Fsp3) is 0.182. The highest BCUT2D eigenvalue weighted by Crippen LogP contribution is 2.27. The Labute approximate surface area is 104 Å². The molecule has 2 aromatic rings. The molecule has 3 N–H and O–H groups in total. The van der Waals surface area contributed by atoms with Gasteiger partial charge in [-0.05, 0) is 24.2 Å². The number of aryl methyl sites for hydroxylation is 2. The summed E-state index contributed by atoms with van der Waals surface area (Å²) in [6.07, 6.45) is 0.971. The van der Waals surface area contributed by atoms with E-state index in [0.717, 1.165) is 24.4 Å². The molecule has 0 spiro atoms. The van der Waals surface area contributed by atoms with E-state index in [1.807, 2.05) is 16.8 Å². The standard InChI is InChI=1S/C11H11N5S/c12-10(17)14-11-13-9-8-4-2-1-3-7(8)5-6-16(9)15-11/h1-4H,5-6H2,(H3,12,14,15,17). The number of anilines is 1. The van der Waals surface area contributed by atoms with Crippen LogP contribution in [0.3, 0.4) is 0 Å². The molecular weight excluding hydrogens is 234 g/mol. The number of benzene rings is 1. The molecule has 0 amide bonds. The van der Waals surface area contributed by atoms with Gasteiger partial charge in [0.15, 0.2) is 10.9 Å². The summed E-state index contributed by atoms with van der Waals surface area (Å²) in [5.41, 5.74) is 7.84. The zero-order valence-electron chi connectivity index (χ0n) is 9.05. The van der Waals surface area contributed by atoms with Gasteiger partial charge in [-0.3, -0.25) is 0 Å². The Morgan fingerprint density at radius 1 is 1.41 bits per heavy atom. The number of nitrogens with zero attached hydrogens (tertiary/aromatic N) is 3. The van der Waals surface area contributed by atoms with Crippen molar-refractivity contribution >= 4 is 23.3 Å². The molecule has 0 unspecified atom stereocenters. The maximum Gasteiger partial charge on any atom is 0.248 e. The van der Waals surface area contributed by atoms with Gasteiger partial charge in [-0.25, -0.2) is 4.68 Å². The molecule has 0 fully saturated rings. The third-order valence-electron chi connectivity index (χ3n) is 2.76. The average Bonchev–Trinajstić information content (AvgIpc) is 2.70. The molecule has 0 atom stereocenters. The zero-order valence-corrected chi connectivity index (χ0v) is 9.87. The number of aromatic nitrogens is 3. The van der Waals surface area contributed by atoms with Crippen molar-refractivity contribution in [2.24, 2.45) is 5.73 Å². The Kier molecular flexibility index (Phi) is 2.29. The Morgan fingerprint density at radius 2 is 2.24 bits per heavy atom. The maximum atomic E-state index is 5.41. The normalized spacial score (nSPS) is 12.7. The summed E-state index contributed by atoms with van der Waals surface area (Å²) in [5.74, 6) is 1.33. The highest BCUT2D eigenvalue weighted by atomic mass is 32.1. The van der Waals surface area contributed by atoms with E-state index in [9.17, 15) is 0 Å². The van der Waals surface area contributed by atoms with Crippen LogP contribution >= 0.6 is 12.2 Å². The van der Waals surface area contributed by atoms with E-state index in [1.165, 1.54) is 5.56 Å². The van der Waals surface area contributed by atoms with Crippen LogP contribution in [0.5, 0.6) is 0 Å². The predicted molar refractivity (Wildman–Crippen MR) is 69.6 cm³/mol. The van der Waals surface area contributed by atoms with Crippen molar-refractivity contribution in [1.29, 1.82) is 0 Å². The molecule has 1 aromatic carbocycles. The minimum atomic E-state index is 0.182. The molecule has 1 aliphatic rings. The number of hydrogen-bond acceptors (Lipinski definition) is 3. The summed E-state index contributed by atoms with van der Waals surface area (Å²) in [7, 11) is 0. The highest BCUT2D eigenvalue weighted by Gasteiger charge is 2.19. The largest absolute Gasteiger partial charge is 0.376 e. The first-order valence-corrected chi connectivity index (χ1v) is 5.74. The van der Waals surface area contributed by atoms with Crippen LogP contribution in [0.1, 0.15) is 5.56 Å². The Hall–Kier alpha value is -1.95. The summed E-state index contributed by atoms with van der Waals surface area (Å²) >= 11 is 4.77. The molecule has 2 heterocycles. The first kappa shape index (κ1) is 10.2. The summed E-state index contributed by atoms with van der Waals surface area (Å²) in [5, 5.41) is 7.26. The summed E-state index contributed by atoms with van der Waals surface area (Å²) in [6.45, 7) is 0.832. The van der Waals surface area contributed by atoms with Crippen LogP contribution in [0.4, 0.5) is 5.95 Å². The van der Waals surface area contributed by atoms with Crippen molar-refractivity contribution in [1.82, 2.24) is 14.8 Å². The van der Waals surface area contributed by atoms with Crippen molar-refractivity contribution in [3.05, 3.63) is 29.8 Å². The van der Waals surface area contributed by atoms with Gasteiger partial charge in [-0.15, -0.1) is 5.10 Å². The number of nitrogens with two attached hydrogens (primary N) is 1. The molecule has 6 heteroatoms. The van der Waals surface area contributed by atoms with E-state index in [0.29, 0.717) is 5.95 Å². The number of fused-ring (bicyclic) bond motifs is 3. The van der Waals surface area contributed by atoms with Gasteiger partial charge in [0.2, 0.25) is 5.95 Å². The molecule has 0 saturated carbocycles. The highest BCUT2D eigenvalue weighted by molar-refractivity contribution is 7.80. The van der Waals surface area contributed by atoms with Gasteiger partial charge in [-0.1, -0.05) is 24.3 Å². The molecule has 3 rings (SSSR count). The van der Waals surface area contributed by atoms with Gasteiger partial charge in [0, 0.05) is 12.1 Å². The van der Waals surface area contributed by atoms with Crippen molar-refractivity contribution in [2.75, 3.05) is 5.32 Å². The number of nitrogens with one attached hydrogen (secondary N) is 1. The number of thiocarbonyl (C=S) groups is 1. The second-order valence-electron chi connectivity index (χ2n) is 3.88. The molecule has 0 aliphatic carbocycles. The second kappa shape index (κ2) is 3.81. The minimum Gasteiger partial charge on any atom is -0.376 e. The first-order valence-electron chi connectivity index (χ1n) is 5.33. The smallest absolute Gasteiger partial charge is 0.248 e. The van der Waals surface area contributed by atoms with Crippen LogP contribution in [0.25, 0.3) is 11.4 Å². The van der Waals surface area contributed by atoms with Crippen molar-refractivity contribution in [2.45, 2.75) is 13.0 Å². The first-order chi connectivity index (χ1) is 8.24.